The van der Waals surface area contributed by atoms with Crippen molar-refractivity contribution in [2.75, 3.05) is 33.4 Å². The minimum absolute atomic E-state index is 0.0232. The Morgan fingerprint density at radius 1 is 1.41 bits per heavy atom. The number of piperazine rings is 1. The van der Waals surface area contributed by atoms with Gasteiger partial charge in [0, 0.05) is 44.9 Å². The van der Waals surface area contributed by atoms with Crippen LogP contribution in [0.15, 0.2) is 18.2 Å². The highest BCUT2D eigenvalue weighted by Crippen LogP contribution is 2.19. The van der Waals surface area contributed by atoms with Crippen LogP contribution in [0.5, 0.6) is 0 Å². The zero-order valence-electron chi connectivity index (χ0n) is 16.0. The van der Waals surface area contributed by atoms with E-state index in [1.807, 2.05) is 13.8 Å². The van der Waals surface area contributed by atoms with E-state index < -0.39 is 17.7 Å². The third-order valence-electron chi connectivity index (χ3n) is 4.69. The fourth-order valence-electron chi connectivity index (χ4n) is 3.21. The van der Waals surface area contributed by atoms with Gasteiger partial charge in [0.25, 0.3) is 0 Å². The Labute approximate surface area is 158 Å². The standard InChI is InChI=1S/C19H27F2N3O3/c1-13(2)24(9-10-27-3)17(25)11-16-19(26)22-7-8-23(16)12-14-5-4-6-15(20)18(14)21/h4-6,13,16H,7-12H2,1-3H3,(H,22,26)/t16-/m0/s1. The predicted molar refractivity (Wildman–Crippen MR) is 96.9 cm³/mol. The summed E-state index contributed by atoms with van der Waals surface area (Å²) in [6.45, 7) is 5.55. The van der Waals surface area contributed by atoms with Crippen LogP contribution in [0.2, 0.25) is 0 Å². The van der Waals surface area contributed by atoms with Gasteiger partial charge in [-0.2, -0.15) is 0 Å². The number of carbonyl (C=O) groups excluding carboxylic acids is 2. The highest BCUT2D eigenvalue weighted by molar-refractivity contribution is 5.89. The molecule has 0 unspecified atom stereocenters. The van der Waals surface area contributed by atoms with Crippen molar-refractivity contribution < 1.29 is 23.1 Å². The van der Waals surface area contributed by atoms with Crippen LogP contribution < -0.4 is 5.32 Å². The molecule has 0 aliphatic carbocycles. The van der Waals surface area contributed by atoms with Gasteiger partial charge in [-0.05, 0) is 19.9 Å². The summed E-state index contributed by atoms with van der Waals surface area (Å²) in [5, 5.41) is 2.75. The number of hydrogen-bond acceptors (Lipinski definition) is 4. The molecule has 1 aromatic rings. The van der Waals surface area contributed by atoms with Gasteiger partial charge in [0.2, 0.25) is 11.8 Å². The molecule has 0 bridgehead atoms. The Bertz CT molecular complexity index is 670. The van der Waals surface area contributed by atoms with Gasteiger partial charge in [0.05, 0.1) is 19.1 Å². The molecule has 1 aliphatic heterocycles. The molecule has 27 heavy (non-hydrogen) atoms. The van der Waals surface area contributed by atoms with E-state index in [-0.39, 0.29) is 36.4 Å². The summed E-state index contributed by atoms with van der Waals surface area (Å²) in [7, 11) is 1.56. The number of amides is 2. The Morgan fingerprint density at radius 3 is 2.81 bits per heavy atom. The van der Waals surface area contributed by atoms with Crippen molar-refractivity contribution >= 4 is 11.8 Å². The molecular formula is C19H27F2N3O3. The number of benzene rings is 1. The van der Waals surface area contributed by atoms with Gasteiger partial charge < -0.3 is 15.0 Å². The molecule has 1 atom stereocenters. The zero-order chi connectivity index (χ0) is 20.0. The van der Waals surface area contributed by atoms with E-state index >= 15 is 0 Å². The van der Waals surface area contributed by atoms with Gasteiger partial charge in [0.1, 0.15) is 0 Å². The van der Waals surface area contributed by atoms with Crippen molar-refractivity contribution in [2.24, 2.45) is 0 Å². The maximum absolute atomic E-state index is 14.0. The SMILES string of the molecule is COCCN(C(=O)C[C@H]1C(=O)NCCN1Cc1cccc(F)c1F)C(C)C. The monoisotopic (exact) mass is 383 g/mol. The van der Waals surface area contributed by atoms with Crippen LogP contribution in [-0.4, -0.2) is 67.0 Å². The number of halogens is 2. The quantitative estimate of drug-likeness (QED) is 0.740. The van der Waals surface area contributed by atoms with Gasteiger partial charge in [-0.25, -0.2) is 8.78 Å². The topological polar surface area (TPSA) is 61.9 Å². The van der Waals surface area contributed by atoms with Gasteiger partial charge in [-0.15, -0.1) is 0 Å². The summed E-state index contributed by atoms with van der Waals surface area (Å²) in [5.41, 5.74) is 0.169. The Morgan fingerprint density at radius 2 is 2.15 bits per heavy atom. The van der Waals surface area contributed by atoms with Gasteiger partial charge in [-0.3, -0.25) is 14.5 Å². The zero-order valence-corrected chi connectivity index (χ0v) is 16.0. The molecule has 1 fully saturated rings. The largest absolute Gasteiger partial charge is 0.383 e. The number of nitrogens with zero attached hydrogens (tertiary/aromatic N) is 2. The molecule has 1 heterocycles. The molecule has 0 saturated carbocycles. The van der Waals surface area contributed by atoms with Gasteiger partial charge in [-0.1, -0.05) is 12.1 Å². The lowest BCUT2D eigenvalue weighted by atomic mass is 10.1. The summed E-state index contributed by atoms with van der Waals surface area (Å²) in [6, 6.07) is 3.22. The lowest BCUT2D eigenvalue weighted by Crippen LogP contribution is -2.56. The minimum atomic E-state index is -0.924. The number of methoxy groups -OCH3 is 1. The summed E-state index contributed by atoms with van der Waals surface area (Å²) in [5.74, 6) is -2.29. The molecule has 150 valence electrons. The highest BCUT2D eigenvalue weighted by atomic mass is 19.2. The van der Waals surface area contributed by atoms with Crippen molar-refractivity contribution in [1.29, 1.82) is 0 Å². The lowest BCUT2D eigenvalue weighted by molar-refractivity contribution is -0.140. The maximum atomic E-state index is 14.0. The molecule has 2 rings (SSSR count). The van der Waals surface area contributed by atoms with Crippen LogP contribution in [0.1, 0.15) is 25.8 Å². The second kappa shape index (κ2) is 9.75. The molecule has 6 nitrogen and oxygen atoms in total. The smallest absolute Gasteiger partial charge is 0.237 e. The molecule has 1 aliphatic rings. The molecule has 0 aromatic heterocycles. The number of hydrogen-bond donors (Lipinski definition) is 1. The van der Waals surface area contributed by atoms with Crippen LogP contribution in [0.3, 0.4) is 0 Å². The van der Waals surface area contributed by atoms with E-state index in [0.29, 0.717) is 26.2 Å². The molecule has 1 saturated heterocycles. The fraction of sp³-hybridized carbons (Fsp3) is 0.579. The van der Waals surface area contributed by atoms with E-state index in [2.05, 4.69) is 5.32 Å². The first-order valence-corrected chi connectivity index (χ1v) is 9.08. The van der Waals surface area contributed by atoms with Crippen molar-refractivity contribution in [3.63, 3.8) is 0 Å². The predicted octanol–water partition coefficient (Wildman–Crippen LogP) is 1.54. The number of carbonyl (C=O) groups is 2. The second-order valence-corrected chi connectivity index (χ2v) is 6.87. The van der Waals surface area contributed by atoms with E-state index in [1.165, 1.54) is 12.1 Å². The van der Waals surface area contributed by atoms with Crippen molar-refractivity contribution in [1.82, 2.24) is 15.1 Å². The first kappa shape index (κ1) is 21.2. The molecule has 1 aromatic carbocycles. The van der Waals surface area contributed by atoms with Crippen LogP contribution in [0.25, 0.3) is 0 Å². The molecule has 0 spiro atoms. The van der Waals surface area contributed by atoms with Crippen molar-refractivity contribution in [3.05, 3.63) is 35.4 Å². The van der Waals surface area contributed by atoms with E-state index in [1.54, 1.807) is 16.9 Å². The third kappa shape index (κ3) is 5.46. The second-order valence-electron chi connectivity index (χ2n) is 6.87. The maximum Gasteiger partial charge on any atom is 0.237 e. The Balaban J connectivity index is 2.14. The summed E-state index contributed by atoms with van der Waals surface area (Å²) < 4.78 is 32.6. The molecule has 0 radical (unpaired) electrons. The lowest BCUT2D eigenvalue weighted by Gasteiger charge is -2.36. The van der Waals surface area contributed by atoms with Crippen LogP contribution in [0.4, 0.5) is 8.78 Å². The number of rotatable bonds is 8. The molecule has 2 amide bonds. The normalized spacial score (nSPS) is 17.9. The van der Waals surface area contributed by atoms with Crippen molar-refractivity contribution in [2.45, 2.75) is 38.9 Å². The van der Waals surface area contributed by atoms with Crippen LogP contribution in [-0.2, 0) is 20.9 Å². The number of ether oxygens (including phenoxy) is 1. The first-order valence-electron chi connectivity index (χ1n) is 9.08. The van der Waals surface area contributed by atoms with E-state index in [9.17, 15) is 18.4 Å². The summed E-state index contributed by atoms with van der Waals surface area (Å²) in [4.78, 5) is 28.5. The van der Waals surface area contributed by atoms with Gasteiger partial charge in [0.15, 0.2) is 11.6 Å². The summed E-state index contributed by atoms with van der Waals surface area (Å²) in [6.07, 6.45) is -0.0232. The van der Waals surface area contributed by atoms with E-state index in [0.717, 1.165) is 6.07 Å². The minimum Gasteiger partial charge on any atom is -0.383 e. The first-order chi connectivity index (χ1) is 12.8. The highest BCUT2D eigenvalue weighted by Gasteiger charge is 2.33. The van der Waals surface area contributed by atoms with Crippen LogP contribution >= 0.6 is 0 Å². The fourth-order valence-corrected chi connectivity index (χ4v) is 3.21. The Hall–Kier alpha value is -2.06. The Kier molecular flexibility index (Phi) is 7.67. The third-order valence-corrected chi connectivity index (χ3v) is 4.69. The van der Waals surface area contributed by atoms with Crippen LogP contribution in [0, 0.1) is 11.6 Å². The average molecular weight is 383 g/mol. The molecular weight excluding hydrogens is 356 g/mol. The number of nitrogens with one attached hydrogen (secondary N) is 1. The summed E-state index contributed by atoms with van der Waals surface area (Å²) >= 11 is 0. The molecule has 8 heteroatoms. The molecule has 1 N–H and O–H groups in total. The van der Waals surface area contributed by atoms with Gasteiger partial charge >= 0.3 is 0 Å². The van der Waals surface area contributed by atoms with E-state index in [4.69, 9.17) is 4.74 Å². The van der Waals surface area contributed by atoms with Crippen molar-refractivity contribution in [3.8, 4) is 0 Å². The average Bonchev–Trinajstić information content (AvgIpc) is 2.62.